The summed E-state index contributed by atoms with van der Waals surface area (Å²) < 4.78 is 1.86. The van der Waals surface area contributed by atoms with E-state index in [0.29, 0.717) is 17.8 Å². The van der Waals surface area contributed by atoms with E-state index >= 15 is 0 Å². The van der Waals surface area contributed by atoms with Gasteiger partial charge in [0.25, 0.3) is 0 Å². The molecule has 4 heteroatoms. The molecule has 0 atom stereocenters. The molecule has 1 aromatic carbocycles. The second-order valence-electron chi connectivity index (χ2n) is 4.84. The lowest BCUT2D eigenvalue weighted by Crippen LogP contribution is -1.99. The van der Waals surface area contributed by atoms with E-state index in [1.165, 1.54) is 5.56 Å². The molecule has 0 amide bonds. The van der Waals surface area contributed by atoms with Gasteiger partial charge in [0.1, 0.15) is 6.07 Å². The Bertz CT molecular complexity index is 811. The van der Waals surface area contributed by atoms with E-state index in [2.05, 4.69) is 28.3 Å². The molecule has 3 aromatic rings. The molecule has 0 aliphatic carbocycles. The molecule has 0 aliphatic heterocycles. The lowest BCUT2D eigenvalue weighted by molar-refractivity contribution is 0.687. The summed E-state index contributed by atoms with van der Waals surface area (Å²) in [5.74, 6) is 0. The van der Waals surface area contributed by atoms with Crippen molar-refractivity contribution in [1.29, 1.82) is 5.26 Å². The van der Waals surface area contributed by atoms with Gasteiger partial charge in [-0.05, 0) is 23.8 Å². The second kappa shape index (κ2) is 6.51. The molecule has 0 N–H and O–H groups in total. The molecule has 0 spiro atoms. The highest BCUT2D eigenvalue weighted by atomic mass is 15.3. The van der Waals surface area contributed by atoms with Crippen LogP contribution in [0.3, 0.4) is 0 Å². The van der Waals surface area contributed by atoms with Crippen molar-refractivity contribution in [2.45, 2.75) is 6.54 Å². The molecule has 22 heavy (non-hydrogen) atoms. The summed E-state index contributed by atoms with van der Waals surface area (Å²) >= 11 is 0. The number of nitrogens with zero attached hydrogens (tertiary/aromatic N) is 4. The molecule has 0 bridgehead atoms. The van der Waals surface area contributed by atoms with E-state index in [-0.39, 0.29) is 0 Å². The van der Waals surface area contributed by atoms with Gasteiger partial charge in [-0.2, -0.15) is 10.4 Å². The molecule has 0 aliphatic rings. The standard InChI is InChI=1S/C18H14N4/c19-11-17(18-8-4-5-9-20-18)10-16-12-21-22(14-16)13-15-6-2-1-3-7-15/h1-10,12,14H,13H2/b17-10+. The number of hydrogen-bond acceptors (Lipinski definition) is 3. The maximum absolute atomic E-state index is 9.30. The van der Waals surface area contributed by atoms with Crippen molar-refractivity contribution in [2.24, 2.45) is 0 Å². The third kappa shape index (κ3) is 3.28. The van der Waals surface area contributed by atoms with Crippen LogP contribution in [0.2, 0.25) is 0 Å². The fraction of sp³-hybridized carbons (Fsp3) is 0.0556. The Kier molecular flexibility index (Phi) is 4.08. The Balaban J connectivity index is 1.82. The van der Waals surface area contributed by atoms with Gasteiger partial charge in [-0.1, -0.05) is 36.4 Å². The zero-order valence-electron chi connectivity index (χ0n) is 11.9. The number of allylic oxidation sites excluding steroid dienone is 1. The highest BCUT2D eigenvalue weighted by Crippen LogP contribution is 2.15. The van der Waals surface area contributed by atoms with Gasteiger partial charge >= 0.3 is 0 Å². The molecule has 0 fully saturated rings. The van der Waals surface area contributed by atoms with E-state index in [0.717, 1.165) is 5.56 Å². The van der Waals surface area contributed by atoms with E-state index in [1.807, 2.05) is 47.3 Å². The molecule has 2 heterocycles. The summed E-state index contributed by atoms with van der Waals surface area (Å²) in [6.07, 6.45) is 7.16. The smallest absolute Gasteiger partial charge is 0.101 e. The lowest BCUT2D eigenvalue weighted by Gasteiger charge is -2.00. The zero-order chi connectivity index (χ0) is 15.2. The molecule has 2 aromatic heterocycles. The van der Waals surface area contributed by atoms with E-state index in [4.69, 9.17) is 0 Å². The van der Waals surface area contributed by atoms with Crippen LogP contribution in [0.15, 0.2) is 67.1 Å². The van der Waals surface area contributed by atoms with Crippen molar-refractivity contribution in [3.05, 3.63) is 83.9 Å². The minimum absolute atomic E-state index is 0.528. The van der Waals surface area contributed by atoms with Crippen LogP contribution in [0, 0.1) is 11.3 Å². The fourth-order valence-corrected chi connectivity index (χ4v) is 2.16. The van der Waals surface area contributed by atoms with Gasteiger partial charge in [-0.3, -0.25) is 9.67 Å². The first-order valence-electron chi connectivity index (χ1n) is 6.95. The van der Waals surface area contributed by atoms with Crippen LogP contribution in [-0.2, 0) is 6.54 Å². The maximum atomic E-state index is 9.30. The van der Waals surface area contributed by atoms with E-state index in [9.17, 15) is 5.26 Å². The molecule has 106 valence electrons. The first-order chi connectivity index (χ1) is 10.8. The molecule has 0 unspecified atom stereocenters. The summed E-state index contributed by atoms with van der Waals surface area (Å²) in [7, 11) is 0. The van der Waals surface area contributed by atoms with Gasteiger partial charge in [-0.15, -0.1) is 0 Å². The molecule has 4 nitrogen and oxygen atoms in total. The SMILES string of the molecule is N#C/C(=C\c1cnn(Cc2ccccc2)c1)c1ccccn1. The quantitative estimate of drug-likeness (QED) is 0.691. The summed E-state index contributed by atoms with van der Waals surface area (Å²) in [5.41, 5.74) is 3.27. The second-order valence-corrected chi connectivity index (χ2v) is 4.84. The first kappa shape index (κ1) is 13.8. The zero-order valence-corrected chi connectivity index (χ0v) is 11.9. The van der Waals surface area contributed by atoms with Crippen LogP contribution in [0.1, 0.15) is 16.8 Å². The summed E-state index contributed by atoms with van der Waals surface area (Å²) in [5, 5.41) is 13.6. The summed E-state index contributed by atoms with van der Waals surface area (Å²) in [6.45, 7) is 0.708. The Labute approximate surface area is 129 Å². The molecule has 0 saturated heterocycles. The number of benzene rings is 1. The molecular weight excluding hydrogens is 272 g/mol. The van der Waals surface area contributed by atoms with Gasteiger partial charge in [0.15, 0.2) is 0 Å². The molecule has 3 rings (SSSR count). The lowest BCUT2D eigenvalue weighted by atomic mass is 10.1. The van der Waals surface area contributed by atoms with Crippen LogP contribution in [0.5, 0.6) is 0 Å². The Hall–Kier alpha value is -3.19. The van der Waals surface area contributed by atoms with Crippen LogP contribution >= 0.6 is 0 Å². The first-order valence-corrected chi connectivity index (χ1v) is 6.95. The van der Waals surface area contributed by atoms with Gasteiger partial charge in [-0.25, -0.2) is 0 Å². The number of pyridine rings is 1. The Morgan fingerprint density at radius 2 is 1.95 bits per heavy atom. The van der Waals surface area contributed by atoms with Gasteiger partial charge < -0.3 is 0 Å². The van der Waals surface area contributed by atoms with Crippen LogP contribution in [0.4, 0.5) is 0 Å². The van der Waals surface area contributed by atoms with Crippen LogP contribution in [0.25, 0.3) is 11.6 Å². The largest absolute Gasteiger partial charge is 0.268 e. The average molecular weight is 286 g/mol. The van der Waals surface area contributed by atoms with Gasteiger partial charge in [0.05, 0.1) is 24.0 Å². The number of rotatable bonds is 4. The van der Waals surface area contributed by atoms with Crippen molar-refractivity contribution >= 4 is 11.6 Å². The van der Waals surface area contributed by atoms with Crippen molar-refractivity contribution in [3.63, 3.8) is 0 Å². The third-order valence-corrected chi connectivity index (χ3v) is 3.21. The van der Waals surface area contributed by atoms with E-state index in [1.54, 1.807) is 18.5 Å². The predicted molar refractivity (Wildman–Crippen MR) is 85.5 cm³/mol. The highest BCUT2D eigenvalue weighted by molar-refractivity contribution is 5.87. The average Bonchev–Trinajstić information content (AvgIpc) is 3.01. The summed E-state index contributed by atoms with van der Waals surface area (Å²) in [4.78, 5) is 4.20. The minimum Gasteiger partial charge on any atom is -0.268 e. The molecule has 0 saturated carbocycles. The molecule has 0 radical (unpaired) electrons. The topological polar surface area (TPSA) is 54.5 Å². The van der Waals surface area contributed by atoms with Crippen molar-refractivity contribution in [3.8, 4) is 6.07 Å². The van der Waals surface area contributed by atoms with E-state index < -0.39 is 0 Å². The Morgan fingerprint density at radius 1 is 1.14 bits per heavy atom. The third-order valence-electron chi connectivity index (χ3n) is 3.21. The van der Waals surface area contributed by atoms with Crippen LogP contribution in [-0.4, -0.2) is 14.8 Å². The molecular formula is C18H14N4. The van der Waals surface area contributed by atoms with Gasteiger partial charge in [0.2, 0.25) is 0 Å². The number of aromatic nitrogens is 3. The number of hydrogen-bond donors (Lipinski definition) is 0. The van der Waals surface area contributed by atoms with Crippen LogP contribution < -0.4 is 0 Å². The van der Waals surface area contributed by atoms with Crippen molar-refractivity contribution < 1.29 is 0 Å². The summed E-state index contributed by atoms with van der Waals surface area (Å²) in [6, 6.07) is 17.8. The number of nitriles is 1. The minimum atomic E-state index is 0.528. The predicted octanol–water partition coefficient (Wildman–Crippen LogP) is 3.39. The van der Waals surface area contributed by atoms with Crippen molar-refractivity contribution in [1.82, 2.24) is 14.8 Å². The maximum Gasteiger partial charge on any atom is 0.101 e. The monoisotopic (exact) mass is 286 g/mol. The normalized spacial score (nSPS) is 11.1. The highest BCUT2D eigenvalue weighted by Gasteiger charge is 2.03. The van der Waals surface area contributed by atoms with Crippen molar-refractivity contribution in [2.75, 3.05) is 0 Å². The van der Waals surface area contributed by atoms with Gasteiger partial charge in [0, 0.05) is 18.0 Å². The fourth-order valence-electron chi connectivity index (χ4n) is 2.16. The Morgan fingerprint density at radius 3 is 2.68 bits per heavy atom.